The van der Waals surface area contributed by atoms with Crippen LogP contribution in [0.2, 0.25) is 0 Å². The average molecular weight is 349 g/mol. The molecule has 0 radical (unpaired) electrons. The Morgan fingerprint density at radius 1 is 0.593 bits per heavy atom. The number of rotatable bonds is 3. The first-order valence-corrected chi connectivity index (χ1v) is 9.13. The van der Waals surface area contributed by atoms with E-state index in [9.17, 15) is 0 Å². The number of hydrogen-bond acceptors (Lipinski definition) is 2. The molecule has 0 aliphatic rings. The Morgan fingerprint density at radius 2 is 1.26 bits per heavy atom. The molecule has 0 unspecified atom stereocenters. The van der Waals surface area contributed by atoms with Gasteiger partial charge in [-0.3, -0.25) is 0 Å². The van der Waals surface area contributed by atoms with E-state index in [1.54, 1.807) is 0 Å². The summed E-state index contributed by atoms with van der Waals surface area (Å²) in [5.41, 5.74) is 7.46. The number of anilines is 2. The maximum atomic E-state index is 6.22. The largest absolute Gasteiger partial charge is 0.454 e. The molecule has 4 aromatic carbocycles. The lowest BCUT2D eigenvalue weighted by Gasteiger charge is -2.08. The molecule has 1 heterocycles. The molecule has 0 aliphatic heterocycles. The maximum Gasteiger partial charge on any atom is 0.158 e. The lowest BCUT2D eigenvalue weighted by atomic mass is 10.1. The van der Waals surface area contributed by atoms with Crippen molar-refractivity contribution in [1.82, 2.24) is 0 Å². The monoisotopic (exact) mass is 349 g/mol. The highest BCUT2D eigenvalue weighted by Crippen LogP contribution is 2.36. The van der Waals surface area contributed by atoms with Crippen LogP contribution in [0.25, 0.3) is 33.1 Å². The van der Waals surface area contributed by atoms with Crippen LogP contribution in [0.4, 0.5) is 11.4 Å². The van der Waals surface area contributed by atoms with Crippen molar-refractivity contribution in [3.8, 4) is 11.1 Å². The van der Waals surface area contributed by atoms with Crippen LogP contribution < -0.4 is 5.32 Å². The van der Waals surface area contributed by atoms with Gasteiger partial charge in [-0.1, -0.05) is 72.8 Å². The van der Waals surface area contributed by atoms with Gasteiger partial charge in [-0.2, -0.15) is 0 Å². The molecule has 130 valence electrons. The minimum Gasteiger partial charge on any atom is -0.454 e. The van der Waals surface area contributed by atoms with Gasteiger partial charge in [0, 0.05) is 16.5 Å². The number of nitrogens with one attached hydrogen (secondary N) is 1. The normalized spacial score (nSPS) is 11.1. The summed E-state index contributed by atoms with van der Waals surface area (Å²) in [7, 11) is 0. The molecule has 0 saturated heterocycles. The molecule has 1 N–H and O–H groups in total. The topological polar surface area (TPSA) is 25.2 Å². The molecule has 0 atom stereocenters. The van der Waals surface area contributed by atoms with Gasteiger partial charge in [0.2, 0.25) is 0 Å². The van der Waals surface area contributed by atoms with E-state index in [0.717, 1.165) is 38.9 Å². The first-order chi connectivity index (χ1) is 13.3. The third-order valence-corrected chi connectivity index (χ3v) is 4.99. The molecular formula is C25H19NO. The molecule has 27 heavy (non-hydrogen) atoms. The van der Waals surface area contributed by atoms with Crippen molar-refractivity contribution in [2.75, 3.05) is 5.32 Å². The van der Waals surface area contributed by atoms with Gasteiger partial charge in [0.1, 0.15) is 5.58 Å². The zero-order valence-electron chi connectivity index (χ0n) is 15.1. The molecule has 0 amide bonds. The van der Waals surface area contributed by atoms with Gasteiger partial charge in [-0.05, 0) is 41.8 Å². The van der Waals surface area contributed by atoms with E-state index in [1.807, 2.05) is 6.07 Å². The van der Waals surface area contributed by atoms with Gasteiger partial charge in [-0.25, -0.2) is 0 Å². The van der Waals surface area contributed by atoms with Crippen molar-refractivity contribution in [3.05, 3.63) is 96.6 Å². The summed E-state index contributed by atoms with van der Waals surface area (Å²) < 4.78 is 6.22. The van der Waals surface area contributed by atoms with Crippen molar-refractivity contribution in [2.24, 2.45) is 0 Å². The minimum atomic E-state index is 0.897. The first kappa shape index (κ1) is 15.7. The van der Waals surface area contributed by atoms with Crippen LogP contribution in [0, 0.1) is 6.92 Å². The molecular weight excluding hydrogens is 330 g/mol. The lowest BCUT2D eigenvalue weighted by Crippen LogP contribution is -1.90. The highest BCUT2D eigenvalue weighted by atomic mass is 16.3. The predicted molar refractivity (Wildman–Crippen MR) is 114 cm³/mol. The number of aryl methyl sites for hydroxylation is 1. The highest BCUT2D eigenvalue weighted by Gasteiger charge is 2.12. The Labute approximate surface area is 158 Å². The van der Waals surface area contributed by atoms with Crippen molar-refractivity contribution >= 4 is 33.3 Å². The molecule has 2 nitrogen and oxygen atoms in total. The van der Waals surface area contributed by atoms with Gasteiger partial charge in [-0.15, -0.1) is 0 Å². The minimum absolute atomic E-state index is 0.897. The first-order valence-electron chi connectivity index (χ1n) is 9.13. The molecule has 1 aromatic heterocycles. The van der Waals surface area contributed by atoms with Gasteiger partial charge in [0.15, 0.2) is 5.58 Å². The van der Waals surface area contributed by atoms with Crippen LogP contribution in [0.3, 0.4) is 0 Å². The number of hydrogen-bond donors (Lipinski definition) is 1. The van der Waals surface area contributed by atoms with E-state index >= 15 is 0 Å². The van der Waals surface area contributed by atoms with Crippen LogP contribution in [0.5, 0.6) is 0 Å². The Bertz CT molecular complexity index is 1230. The predicted octanol–water partition coefficient (Wildman–Crippen LogP) is 7.31. The molecule has 0 spiro atoms. The fourth-order valence-electron chi connectivity index (χ4n) is 3.59. The van der Waals surface area contributed by atoms with E-state index in [0.29, 0.717) is 0 Å². The molecule has 5 rings (SSSR count). The molecule has 5 aromatic rings. The van der Waals surface area contributed by atoms with E-state index in [1.165, 1.54) is 11.1 Å². The second kappa shape index (κ2) is 6.33. The Hall–Kier alpha value is -3.52. The second-order valence-corrected chi connectivity index (χ2v) is 6.80. The van der Waals surface area contributed by atoms with Gasteiger partial charge in [0.25, 0.3) is 0 Å². The maximum absolute atomic E-state index is 6.22. The summed E-state index contributed by atoms with van der Waals surface area (Å²) in [6, 6.07) is 31.4. The molecule has 2 heteroatoms. The third kappa shape index (κ3) is 2.76. The lowest BCUT2D eigenvalue weighted by molar-refractivity contribution is 0.667. The highest BCUT2D eigenvalue weighted by molar-refractivity contribution is 6.09. The summed E-state index contributed by atoms with van der Waals surface area (Å²) in [4.78, 5) is 0. The van der Waals surface area contributed by atoms with E-state index in [-0.39, 0.29) is 0 Å². The smallest absolute Gasteiger partial charge is 0.158 e. The molecule has 0 bridgehead atoms. The molecule has 0 saturated carbocycles. The Morgan fingerprint density at radius 3 is 2.04 bits per heavy atom. The van der Waals surface area contributed by atoms with E-state index < -0.39 is 0 Å². The quantitative estimate of drug-likeness (QED) is 0.369. The van der Waals surface area contributed by atoms with Crippen LogP contribution >= 0.6 is 0 Å². The standard InChI is InChI=1S/C25H19NO/c1-17-7-5-10-21-22-11-6-12-23(25(22)27-24(17)21)26-20-15-13-19(14-16-20)18-8-3-2-4-9-18/h2-16,26H,1H3. The van der Waals surface area contributed by atoms with Crippen molar-refractivity contribution in [3.63, 3.8) is 0 Å². The molecule has 0 aliphatic carbocycles. The number of furan rings is 1. The molecule has 0 fully saturated rings. The Balaban J connectivity index is 1.53. The fraction of sp³-hybridized carbons (Fsp3) is 0.0400. The van der Waals surface area contributed by atoms with Crippen LogP contribution in [-0.4, -0.2) is 0 Å². The van der Waals surface area contributed by atoms with Gasteiger partial charge in [0.05, 0.1) is 5.69 Å². The van der Waals surface area contributed by atoms with Crippen LogP contribution in [0.15, 0.2) is 95.4 Å². The van der Waals surface area contributed by atoms with Crippen LogP contribution in [0.1, 0.15) is 5.56 Å². The summed E-state index contributed by atoms with van der Waals surface area (Å²) in [6.07, 6.45) is 0. The summed E-state index contributed by atoms with van der Waals surface area (Å²) in [5.74, 6) is 0. The third-order valence-electron chi connectivity index (χ3n) is 4.99. The van der Waals surface area contributed by atoms with Crippen molar-refractivity contribution in [2.45, 2.75) is 6.92 Å². The van der Waals surface area contributed by atoms with Gasteiger partial charge < -0.3 is 9.73 Å². The summed E-state index contributed by atoms with van der Waals surface area (Å²) in [6.45, 7) is 2.08. The van der Waals surface area contributed by atoms with E-state index in [4.69, 9.17) is 4.42 Å². The summed E-state index contributed by atoms with van der Waals surface area (Å²) >= 11 is 0. The van der Waals surface area contributed by atoms with Crippen LogP contribution in [-0.2, 0) is 0 Å². The van der Waals surface area contributed by atoms with E-state index in [2.05, 4.69) is 97.2 Å². The van der Waals surface area contributed by atoms with Crippen molar-refractivity contribution in [1.29, 1.82) is 0 Å². The summed E-state index contributed by atoms with van der Waals surface area (Å²) in [5, 5.41) is 5.81. The average Bonchev–Trinajstić information content (AvgIpc) is 3.11. The zero-order valence-corrected chi connectivity index (χ0v) is 15.1. The SMILES string of the molecule is Cc1cccc2c1oc1c(Nc3ccc(-c4ccccc4)cc3)cccc12. The zero-order chi connectivity index (χ0) is 18.2. The fourth-order valence-corrected chi connectivity index (χ4v) is 3.59. The van der Waals surface area contributed by atoms with Crippen molar-refractivity contribution < 1.29 is 4.42 Å². The number of benzene rings is 4. The van der Waals surface area contributed by atoms with Gasteiger partial charge >= 0.3 is 0 Å². The Kier molecular flexibility index (Phi) is 3.68. The second-order valence-electron chi connectivity index (χ2n) is 6.80. The number of fused-ring (bicyclic) bond motifs is 3. The number of para-hydroxylation sites is 2.